The van der Waals surface area contributed by atoms with Crippen LogP contribution in [0.5, 0.6) is 0 Å². The Kier molecular flexibility index (Phi) is 4.39. The fourth-order valence-electron chi connectivity index (χ4n) is 1.40. The van der Waals surface area contributed by atoms with Gasteiger partial charge in [-0.05, 0) is 30.2 Å². The number of rotatable bonds is 4. The molecule has 17 heavy (non-hydrogen) atoms. The van der Waals surface area contributed by atoms with Gasteiger partial charge in [0.2, 0.25) is 5.70 Å². The van der Waals surface area contributed by atoms with E-state index in [1.54, 1.807) is 12.1 Å². The summed E-state index contributed by atoms with van der Waals surface area (Å²) in [5.74, 6) is -1.10. The maximum Gasteiger partial charge on any atom is 0.281 e. The molecule has 0 aliphatic heterocycles. The standard InChI is InChI=1S/C12H14N2O3/c1-3-9-6-4-5-7-10(9)13-12(16)11(14-17)8(2)15/h4-7,15H,3H2,1-2H3,(H,13,16). The van der Waals surface area contributed by atoms with Crippen LogP contribution in [0.3, 0.4) is 0 Å². The second-order valence-corrected chi connectivity index (χ2v) is 3.49. The number of para-hydroxylation sites is 1. The van der Waals surface area contributed by atoms with Crippen molar-refractivity contribution < 1.29 is 9.90 Å². The molecule has 0 unspecified atom stereocenters. The number of nitrogens with one attached hydrogen (secondary N) is 1. The number of amides is 1. The zero-order valence-electron chi connectivity index (χ0n) is 9.73. The predicted octanol–water partition coefficient (Wildman–Crippen LogP) is 2.74. The Bertz CT molecular complexity index is 463. The number of hydrogen-bond acceptors (Lipinski definition) is 4. The number of carbonyl (C=O) groups is 1. The first-order chi connectivity index (χ1) is 8.10. The van der Waals surface area contributed by atoms with Gasteiger partial charge >= 0.3 is 0 Å². The molecule has 90 valence electrons. The van der Waals surface area contributed by atoms with Gasteiger partial charge in [0.1, 0.15) is 5.76 Å². The molecule has 1 rings (SSSR count). The number of nitroso groups, excluding NO2 is 1. The van der Waals surface area contributed by atoms with Crippen LogP contribution in [0.2, 0.25) is 0 Å². The molecule has 0 fully saturated rings. The van der Waals surface area contributed by atoms with E-state index in [1.165, 1.54) is 6.92 Å². The second kappa shape index (κ2) is 5.79. The smallest absolute Gasteiger partial charge is 0.281 e. The fourth-order valence-corrected chi connectivity index (χ4v) is 1.40. The minimum Gasteiger partial charge on any atom is -0.510 e. The second-order valence-electron chi connectivity index (χ2n) is 3.49. The summed E-state index contributed by atoms with van der Waals surface area (Å²) in [7, 11) is 0. The number of aliphatic hydroxyl groups is 1. The van der Waals surface area contributed by atoms with Gasteiger partial charge in [0.25, 0.3) is 5.91 Å². The lowest BCUT2D eigenvalue weighted by molar-refractivity contribution is -0.113. The number of hydrogen-bond donors (Lipinski definition) is 2. The summed E-state index contributed by atoms with van der Waals surface area (Å²) in [5.41, 5.74) is 1.06. The Morgan fingerprint density at radius 1 is 1.41 bits per heavy atom. The minimum absolute atomic E-state index is 0.397. The molecule has 5 nitrogen and oxygen atoms in total. The maximum atomic E-state index is 11.6. The van der Waals surface area contributed by atoms with E-state index in [2.05, 4.69) is 10.5 Å². The molecule has 0 spiro atoms. The van der Waals surface area contributed by atoms with Crippen LogP contribution in [0.1, 0.15) is 19.4 Å². The van der Waals surface area contributed by atoms with Gasteiger partial charge in [0, 0.05) is 5.69 Å². The zero-order valence-corrected chi connectivity index (χ0v) is 9.73. The molecule has 1 aromatic carbocycles. The molecule has 0 radical (unpaired) electrons. The van der Waals surface area contributed by atoms with Gasteiger partial charge in [-0.15, -0.1) is 4.91 Å². The summed E-state index contributed by atoms with van der Waals surface area (Å²) in [4.78, 5) is 22.0. The number of allylic oxidation sites excluding steroid dienone is 1. The van der Waals surface area contributed by atoms with Gasteiger partial charge in [-0.1, -0.05) is 25.1 Å². The summed E-state index contributed by atoms with van der Waals surface area (Å²) in [6.07, 6.45) is 0.752. The highest BCUT2D eigenvalue weighted by molar-refractivity contribution is 6.04. The largest absolute Gasteiger partial charge is 0.510 e. The van der Waals surface area contributed by atoms with Gasteiger partial charge in [0.05, 0.1) is 0 Å². The number of benzene rings is 1. The highest BCUT2D eigenvalue weighted by Crippen LogP contribution is 2.17. The third-order valence-corrected chi connectivity index (χ3v) is 2.30. The van der Waals surface area contributed by atoms with E-state index in [1.807, 2.05) is 19.1 Å². The molecule has 0 heterocycles. The van der Waals surface area contributed by atoms with Crippen LogP contribution in [-0.4, -0.2) is 11.0 Å². The molecule has 0 aliphatic carbocycles. The molecular weight excluding hydrogens is 220 g/mol. The maximum absolute atomic E-state index is 11.6. The van der Waals surface area contributed by atoms with E-state index < -0.39 is 17.4 Å². The van der Waals surface area contributed by atoms with E-state index >= 15 is 0 Å². The summed E-state index contributed by atoms with van der Waals surface area (Å²) < 4.78 is 0. The van der Waals surface area contributed by atoms with Crippen molar-refractivity contribution in [3.63, 3.8) is 0 Å². The predicted molar refractivity (Wildman–Crippen MR) is 65.6 cm³/mol. The molecule has 0 saturated heterocycles. The summed E-state index contributed by atoms with van der Waals surface area (Å²) in [6.45, 7) is 3.19. The summed E-state index contributed by atoms with van der Waals surface area (Å²) in [6, 6.07) is 7.24. The third-order valence-electron chi connectivity index (χ3n) is 2.30. The quantitative estimate of drug-likeness (QED) is 0.477. The lowest BCUT2D eigenvalue weighted by Crippen LogP contribution is -2.15. The van der Waals surface area contributed by atoms with Crippen molar-refractivity contribution in [2.45, 2.75) is 20.3 Å². The van der Waals surface area contributed by atoms with Crippen molar-refractivity contribution >= 4 is 11.6 Å². The van der Waals surface area contributed by atoms with E-state index in [0.29, 0.717) is 5.69 Å². The molecule has 5 heteroatoms. The molecule has 0 aliphatic rings. The number of aryl methyl sites for hydroxylation is 1. The van der Waals surface area contributed by atoms with Crippen LogP contribution in [0.25, 0.3) is 0 Å². The highest BCUT2D eigenvalue weighted by Gasteiger charge is 2.15. The summed E-state index contributed by atoms with van der Waals surface area (Å²) >= 11 is 0. The Labute approximate surface area is 99.1 Å². The van der Waals surface area contributed by atoms with Crippen LogP contribution in [-0.2, 0) is 11.2 Å². The average Bonchev–Trinajstić information content (AvgIpc) is 2.30. The molecule has 2 N–H and O–H groups in total. The third kappa shape index (κ3) is 3.14. The lowest BCUT2D eigenvalue weighted by Gasteiger charge is -2.08. The first-order valence-corrected chi connectivity index (χ1v) is 5.22. The van der Waals surface area contributed by atoms with Gasteiger partial charge < -0.3 is 10.4 Å². The Morgan fingerprint density at radius 2 is 2.06 bits per heavy atom. The van der Waals surface area contributed by atoms with Gasteiger partial charge in [0.15, 0.2) is 0 Å². The monoisotopic (exact) mass is 234 g/mol. The normalized spacial score (nSPS) is 11.6. The summed E-state index contributed by atoms with van der Waals surface area (Å²) in [5, 5.41) is 14.2. The molecular formula is C12H14N2O3. The number of anilines is 1. The lowest BCUT2D eigenvalue weighted by atomic mass is 10.1. The van der Waals surface area contributed by atoms with Crippen molar-refractivity contribution in [1.82, 2.24) is 0 Å². The van der Waals surface area contributed by atoms with Crippen molar-refractivity contribution in [3.8, 4) is 0 Å². The van der Waals surface area contributed by atoms with Gasteiger partial charge in [-0.25, -0.2) is 0 Å². The molecule has 1 aromatic rings. The van der Waals surface area contributed by atoms with E-state index in [9.17, 15) is 9.70 Å². The minimum atomic E-state index is -0.708. The number of carbonyl (C=O) groups excluding carboxylic acids is 1. The molecule has 0 saturated carbocycles. The van der Waals surface area contributed by atoms with E-state index in [-0.39, 0.29) is 0 Å². The topological polar surface area (TPSA) is 78.8 Å². The average molecular weight is 234 g/mol. The van der Waals surface area contributed by atoms with Crippen LogP contribution in [0, 0.1) is 4.91 Å². The van der Waals surface area contributed by atoms with Crippen LogP contribution < -0.4 is 5.32 Å². The first-order valence-electron chi connectivity index (χ1n) is 5.22. The Hall–Kier alpha value is -2.17. The highest BCUT2D eigenvalue weighted by atomic mass is 16.3. The van der Waals surface area contributed by atoms with Crippen molar-refractivity contribution in [3.05, 3.63) is 46.2 Å². The van der Waals surface area contributed by atoms with Crippen molar-refractivity contribution in [2.75, 3.05) is 5.32 Å². The molecule has 0 atom stereocenters. The zero-order chi connectivity index (χ0) is 12.8. The Balaban J connectivity index is 2.96. The van der Waals surface area contributed by atoms with Gasteiger partial charge in [-0.3, -0.25) is 4.79 Å². The van der Waals surface area contributed by atoms with Crippen LogP contribution in [0.4, 0.5) is 5.69 Å². The Morgan fingerprint density at radius 3 is 2.59 bits per heavy atom. The van der Waals surface area contributed by atoms with E-state index in [0.717, 1.165) is 12.0 Å². The van der Waals surface area contributed by atoms with Crippen LogP contribution in [0.15, 0.2) is 40.9 Å². The first kappa shape index (κ1) is 12.9. The van der Waals surface area contributed by atoms with Crippen molar-refractivity contribution in [1.29, 1.82) is 0 Å². The number of nitrogens with zero attached hydrogens (tertiary/aromatic N) is 1. The SMILES string of the molecule is CCc1ccccc1NC(=O)C(N=O)=C(C)O. The molecule has 1 amide bonds. The number of aliphatic hydroxyl groups excluding tert-OH is 1. The fraction of sp³-hybridized carbons (Fsp3) is 0.250. The van der Waals surface area contributed by atoms with E-state index in [4.69, 9.17) is 5.11 Å². The van der Waals surface area contributed by atoms with Crippen molar-refractivity contribution in [2.24, 2.45) is 5.18 Å². The van der Waals surface area contributed by atoms with Gasteiger partial charge in [-0.2, -0.15) is 0 Å². The molecule has 0 bridgehead atoms. The molecule has 0 aromatic heterocycles. The van der Waals surface area contributed by atoms with Crippen LogP contribution >= 0.6 is 0 Å².